The van der Waals surface area contributed by atoms with Gasteiger partial charge in [0.25, 0.3) is 0 Å². The predicted octanol–water partition coefficient (Wildman–Crippen LogP) is 4.83. The molecule has 0 bridgehead atoms. The highest BCUT2D eigenvalue weighted by Crippen LogP contribution is 2.26. The number of aromatic nitrogens is 2. The standard InChI is InChI=1S/C24H32N6O.C2H6/c1-4-18-8-7-9-19(14-18)29-24-21-15-20(10-11-22(21)26-17-27-24)28-23(31)16-25-12-13-30(5-2)6-3;1-2/h7-11,14-15,17,25H,4-6,12-13,16H2,1-3H3,(H,28,31)(H,26,27,29);1-2H3. The van der Waals surface area contributed by atoms with Crippen LogP contribution in [0.5, 0.6) is 0 Å². The normalized spacial score (nSPS) is 10.6. The van der Waals surface area contributed by atoms with E-state index in [4.69, 9.17) is 0 Å². The van der Waals surface area contributed by atoms with E-state index in [0.29, 0.717) is 5.82 Å². The minimum atomic E-state index is -0.0686. The molecule has 0 aliphatic carbocycles. The second-order valence-corrected chi connectivity index (χ2v) is 7.38. The molecule has 2 aromatic carbocycles. The van der Waals surface area contributed by atoms with Crippen molar-refractivity contribution in [3.8, 4) is 0 Å². The summed E-state index contributed by atoms with van der Waals surface area (Å²) >= 11 is 0. The Morgan fingerprint density at radius 2 is 1.76 bits per heavy atom. The minimum Gasteiger partial charge on any atom is -0.340 e. The quantitative estimate of drug-likeness (QED) is 0.363. The second-order valence-electron chi connectivity index (χ2n) is 7.38. The Balaban J connectivity index is 0.00000187. The minimum absolute atomic E-state index is 0.0686. The lowest BCUT2D eigenvalue weighted by molar-refractivity contribution is -0.115. The summed E-state index contributed by atoms with van der Waals surface area (Å²) < 4.78 is 0. The van der Waals surface area contributed by atoms with Crippen LogP contribution in [0.2, 0.25) is 0 Å². The number of likely N-dealkylation sites (N-methyl/N-ethyl adjacent to an activating group) is 1. The van der Waals surface area contributed by atoms with E-state index in [0.717, 1.165) is 54.9 Å². The molecule has 0 unspecified atom stereocenters. The lowest BCUT2D eigenvalue weighted by atomic mass is 10.1. The smallest absolute Gasteiger partial charge is 0.238 e. The summed E-state index contributed by atoms with van der Waals surface area (Å²) in [6.07, 6.45) is 2.52. The molecule has 1 amide bonds. The SMILES string of the molecule is CC.CCc1cccc(Nc2ncnc3ccc(NC(=O)CNCCN(CC)CC)cc23)c1. The van der Waals surface area contributed by atoms with E-state index in [1.165, 1.54) is 5.56 Å². The number of aryl methyl sites for hydroxylation is 1. The van der Waals surface area contributed by atoms with Crippen molar-refractivity contribution < 1.29 is 4.79 Å². The van der Waals surface area contributed by atoms with E-state index in [9.17, 15) is 4.79 Å². The van der Waals surface area contributed by atoms with Crippen LogP contribution in [0.4, 0.5) is 17.2 Å². The Morgan fingerprint density at radius 3 is 2.48 bits per heavy atom. The highest BCUT2D eigenvalue weighted by Gasteiger charge is 2.08. The van der Waals surface area contributed by atoms with Crippen molar-refractivity contribution in [2.75, 3.05) is 43.4 Å². The molecular formula is C26H38N6O. The number of fused-ring (bicyclic) bond motifs is 1. The zero-order chi connectivity index (χ0) is 24.1. The first-order valence-corrected chi connectivity index (χ1v) is 12.0. The van der Waals surface area contributed by atoms with Crippen LogP contribution in [-0.2, 0) is 11.2 Å². The summed E-state index contributed by atoms with van der Waals surface area (Å²) in [5.74, 6) is 0.646. The number of carbonyl (C=O) groups excluding carboxylic acids is 1. The molecule has 0 radical (unpaired) electrons. The average Bonchev–Trinajstić information content (AvgIpc) is 2.86. The maximum Gasteiger partial charge on any atom is 0.238 e. The molecule has 0 fully saturated rings. The Kier molecular flexibility index (Phi) is 11.3. The topological polar surface area (TPSA) is 82.2 Å². The van der Waals surface area contributed by atoms with Crippen LogP contribution in [0.15, 0.2) is 48.8 Å². The number of nitrogens with one attached hydrogen (secondary N) is 3. The van der Waals surface area contributed by atoms with Gasteiger partial charge in [0.2, 0.25) is 5.91 Å². The lowest BCUT2D eigenvalue weighted by Crippen LogP contribution is -2.35. The van der Waals surface area contributed by atoms with Crippen molar-refractivity contribution in [3.63, 3.8) is 0 Å². The fraction of sp³-hybridized carbons (Fsp3) is 0.423. The summed E-state index contributed by atoms with van der Waals surface area (Å²) in [7, 11) is 0. The zero-order valence-corrected chi connectivity index (χ0v) is 20.6. The molecule has 0 spiro atoms. The fourth-order valence-corrected chi connectivity index (χ4v) is 3.42. The highest BCUT2D eigenvalue weighted by atomic mass is 16.1. The summed E-state index contributed by atoms with van der Waals surface area (Å²) in [6, 6.07) is 13.9. The lowest BCUT2D eigenvalue weighted by Gasteiger charge is -2.17. The molecular weight excluding hydrogens is 412 g/mol. The van der Waals surface area contributed by atoms with Gasteiger partial charge in [0, 0.05) is 29.9 Å². The maximum atomic E-state index is 12.3. The van der Waals surface area contributed by atoms with Gasteiger partial charge in [0.15, 0.2) is 0 Å². The van der Waals surface area contributed by atoms with Gasteiger partial charge in [-0.2, -0.15) is 0 Å². The molecule has 0 aliphatic rings. The van der Waals surface area contributed by atoms with Gasteiger partial charge in [-0.05, 0) is 55.4 Å². The van der Waals surface area contributed by atoms with Crippen LogP contribution in [0.1, 0.15) is 40.2 Å². The number of nitrogens with zero attached hydrogens (tertiary/aromatic N) is 3. The molecule has 3 aromatic rings. The second kappa shape index (κ2) is 14.2. The third-order valence-electron chi connectivity index (χ3n) is 5.30. The molecule has 7 heteroatoms. The van der Waals surface area contributed by atoms with Crippen LogP contribution in [0.3, 0.4) is 0 Å². The summed E-state index contributed by atoms with van der Waals surface area (Å²) in [6.45, 7) is 14.4. The van der Waals surface area contributed by atoms with Crippen molar-refractivity contribution in [1.29, 1.82) is 0 Å². The Hall–Kier alpha value is -3.03. The monoisotopic (exact) mass is 450 g/mol. The van der Waals surface area contributed by atoms with Crippen LogP contribution < -0.4 is 16.0 Å². The summed E-state index contributed by atoms with van der Waals surface area (Å²) in [5, 5.41) is 10.4. The van der Waals surface area contributed by atoms with Crippen molar-refractivity contribution >= 4 is 34.0 Å². The molecule has 3 N–H and O–H groups in total. The van der Waals surface area contributed by atoms with Gasteiger partial charge in [0.1, 0.15) is 12.1 Å². The van der Waals surface area contributed by atoms with E-state index in [-0.39, 0.29) is 12.5 Å². The molecule has 0 saturated carbocycles. The Morgan fingerprint density at radius 1 is 0.970 bits per heavy atom. The van der Waals surface area contributed by atoms with Gasteiger partial charge in [-0.15, -0.1) is 0 Å². The van der Waals surface area contributed by atoms with Crippen molar-refractivity contribution in [3.05, 3.63) is 54.4 Å². The third-order valence-corrected chi connectivity index (χ3v) is 5.30. The number of amides is 1. The number of anilines is 3. The van der Waals surface area contributed by atoms with E-state index in [1.54, 1.807) is 6.33 Å². The Labute approximate surface area is 198 Å². The maximum absolute atomic E-state index is 12.3. The predicted molar refractivity (Wildman–Crippen MR) is 139 cm³/mol. The van der Waals surface area contributed by atoms with Crippen LogP contribution in [0, 0.1) is 0 Å². The number of carbonyl (C=O) groups is 1. The molecule has 1 heterocycles. The van der Waals surface area contributed by atoms with Gasteiger partial charge in [-0.25, -0.2) is 9.97 Å². The summed E-state index contributed by atoms with van der Waals surface area (Å²) in [5.41, 5.74) is 3.78. The zero-order valence-electron chi connectivity index (χ0n) is 20.6. The molecule has 3 rings (SSSR count). The number of rotatable bonds is 11. The first kappa shape index (κ1) is 26.2. The van der Waals surface area contributed by atoms with Crippen LogP contribution in [0.25, 0.3) is 10.9 Å². The van der Waals surface area contributed by atoms with Gasteiger partial charge < -0.3 is 20.9 Å². The van der Waals surface area contributed by atoms with Gasteiger partial charge >= 0.3 is 0 Å². The first-order chi connectivity index (χ1) is 16.1. The largest absolute Gasteiger partial charge is 0.340 e. The average molecular weight is 451 g/mol. The van der Waals surface area contributed by atoms with E-state index < -0.39 is 0 Å². The molecule has 1 aromatic heterocycles. The number of hydrogen-bond acceptors (Lipinski definition) is 6. The van der Waals surface area contributed by atoms with E-state index in [2.05, 4.69) is 63.7 Å². The van der Waals surface area contributed by atoms with E-state index >= 15 is 0 Å². The molecule has 33 heavy (non-hydrogen) atoms. The Bertz CT molecular complexity index is 1000. The third kappa shape index (κ3) is 8.11. The van der Waals surface area contributed by atoms with Crippen molar-refractivity contribution in [2.45, 2.75) is 41.0 Å². The number of hydrogen-bond donors (Lipinski definition) is 3. The van der Waals surface area contributed by atoms with Gasteiger partial charge in [0.05, 0.1) is 12.1 Å². The van der Waals surface area contributed by atoms with Crippen molar-refractivity contribution in [2.24, 2.45) is 0 Å². The fourth-order valence-electron chi connectivity index (χ4n) is 3.42. The molecule has 7 nitrogen and oxygen atoms in total. The summed E-state index contributed by atoms with van der Waals surface area (Å²) in [4.78, 5) is 23.4. The van der Waals surface area contributed by atoms with Gasteiger partial charge in [-0.1, -0.05) is 46.8 Å². The van der Waals surface area contributed by atoms with Crippen LogP contribution in [-0.4, -0.2) is 53.5 Å². The number of benzene rings is 2. The molecule has 0 atom stereocenters. The highest BCUT2D eigenvalue weighted by molar-refractivity contribution is 5.97. The van der Waals surface area contributed by atoms with Gasteiger partial charge in [-0.3, -0.25) is 4.79 Å². The van der Waals surface area contributed by atoms with Crippen LogP contribution >= 0.6 is 0 Å². The first-order valence-electron chi connectivity index (χ1n) is 12.0. The molecule has 0 aliphatic heterocycles. The van der Waals surface area contributed by atoms with Crippen molar-refractivity contribution in [1.82, 2.24) is 20.2 Å². The van der Waals surface area contributed by atoms with E-state index in [1.807, 2.05) is 44.2 Å². The molecule has 178 valence electrons. The molecule has 0 saturated heterocycles.